The fourth-order valence-corrected chi connectivity index (χ4v) is 1.60. The Morgan fingerprint density at radius 3 is 2.59 bits per heavy atom. The number of nitrogens with one attached hydrogen (secondary N) is 1. The molecular weight excluding hydrogens is 216 g/mol. The van der Waals surface area contributed by atoms with Crippen LogP contribution in [-0.2, 0) is 4.74 Å². The third-order valence-corrected chi connectivity index (χ3v) is 2.58. The molecule has 0 radical (unpaired) electrons. The molecule has 0 heterocycles. The maximum Gasteiger partial charge on any atom is 0.208 e. The van der Waals surface area contributed by atoms with E-state index in [9.17, 15) is 0 Å². The molecule has 0 aromatic heterocycles. The summed E-state index contributed by atoms with van der Waals surface area (Å²) in [7, 11) is 1.67. The SMILES string of the molecule is CCCCCN(C(=NCCOC)NN)C(C)C. The van der Waals surface area contributed by atoms with Crippen molar-refractivity contribution in [2.24, 2.45) is 10.8 Å². The zero-order chi connectivity index (χ0) is 13.1. The van der Waals surface area contributed by atoms with E-state index in [0.717, 1.165) is 12.5 Å². The summed E-state index contributed by atoms with van der Waals surface area (Å²) in [4.78, 5) is 6.61. The lowest BCUT2D eigenvalue weighted by Crippen LogP contribution is -2.48. The molecule has 0 amide bonds. The molecular formula is C12H28N4O. The van der Waals surface area contributed by atoms with Gasteiger partial charge in [0.1, 0.15) is 0 Å². The second-order valence-corrected chi connectivity index (χ2v) is 4.34. The molecule has 0 aromatic rings. The first-order valence-corrected chi connectivity index (χ1v) is 6.44. The zero-order valence-electron chi connectivity index (χ0n) is 11.7. The van der Waals surface area contributed by atoms with Gasteiger partial charge in [0.15, 0.2) is 0 Å². The van der Waals surface area contributed by atoms with Crippen molar-refractivity contribution >= 4 is 5.96 Å². The van der Waals surface area contributed by atoms with Gasteiger partial charge in [-0.05, 0) is 20.3 Å². The van der Waals surface area contributed by atoms with Crippen LogP contribution in [0.5, 0.6) is 0 Å². The van der Waals surface area contributed by atoms with Crippen LogP contribution in [-0.4, -0.2) is 43.7 Å². The molecule has 0 atom stereocenters. The predicted molar refractivity (Wildman–Crippen MR) is 72.9 cm³/mol. The zero-order valence-corrected chi connectivity index (χ0v) is 11.7. The van der Waals surface area contributed by atoms with E-state index in [1.165, 1.54) is 19.3 Å². The molecule has 0 aliphatic rings. The van der Waals surface area contributed by atoms with Gasteiger partial charge in [-0.15, -0.1) is 0 Å². The highest BCUT2D eigenvalue weighted by atomic mass is 16.5. The van der Waals surface area contributed by atoms with E-state index in [1.54, 1.807) is 7.11 Å². The first-order valence-electron chi connectivity index (χ1n) is 6.44. The molecule has 0 unspecified atom stereocenters. The Balaban J connectivity index is 4.35. The van der Waals surface area contributed by atoms with Gasteiger partial charge in [-0.2, -0.15) is 0 Å². The molecule has 0 saturated carbocycles. The van der Waals surface area contributed by atoms with Crippen LogP contribution in [0.1, 0.15) is 40.0 Å². The van der Waals surface area contributed by atoms with Crippen LogP contribution in [0.2, 0.25) is 0 Å². The number of hydrogen-bond donors (Lipinski definition) is 2. The van der Waals surface area contributed by atoms with Crippen molar-refractivity contribution in [1.29, 1.82) is 0 Å². The first-order chi connectivity index (χ1) is 8.17. The normalized spacial score (nSPS) is 12.0. The Labute approximate surface area is 105 Å². The van der Waals surface area contributed by atoms with E-state index < -0.39 is 0 Å². The topological polar surface area (TPSA) is 62.9 Å². The third-order valence-electron chi connectivity index (χ3n) is 2.58. The summed E-state index contributed by atoms with van der Waals surface area (Å²) in [5.41, 5.74) is 2.69. The lowest BCUT2D eigenvalue weighted by atomic mass is 10.2. The Morgan fingerprint density at radius 1 is 1.41 bits per heavy atom. The highest BCUT2D eigenvalue weighted by molar-refractivity contribution is 5.79. The average Bonchev–Trinajstić information content (AvgIpc) is 2.31. The van der Waals surface area contributed by atoms with E-state index in [4.69, 9.17) is 10.6 Å². The van der Waals surface area contributed by atoms with Crippen molar-refractivity contribution in [2.75, 3.05) is 26.8 Å². The van der Waals surface area contributed by atoms with Gasteiger partial charge < -0.3 is 9.64 Å². The number of ether oxygens (including phenoxy) is 1. The van der Waals surface area contributed by atoms with Gasteiger partial charge in [0.25, 0.3) is 0 Å². The molecule has 0 aliphatic heterocycles. The Kier molecular flexibility index (Phi) is 9.86. The molecule has 0 aromatic carbocycles. The molecule has 0 bridgehead atoms. The van der Waals surface area contributed by atoms with Crippen molar-refractivity contribution in [2.45, 2.75) is 46.1 Å². The molecule has 17 heavy (non-hydrogen) atoms. The number of nitrogens with zero attached hydrogens (tertiary/aromatic N) is 2. The Bertz CT molecular complexity index is 207. The van der Waals surface area contributed by atoms with E-state index in [2.05, 4.69) is 36.1 Å². The number of guanidine groups is 1. The average molecular weight is 244 g/mol. The highest BCUT2D eigenvalue weighted by Crippen LogP contribution is 2.03. The molecule has 0 saturated heterocycles. The van der Waals surface area contributed by atoms with Crippen LogP contribution in [0.25, 0.3) is 0 Å². The van der Waals surface area contributed by atoms with Crippen LogP contribution < -0.4 is 11.3 Å². The highest BCUT2D eigenvalue weighted by Gasteiger charge is 2.13. The van der Waals surface area contributed by atoms with E-state index in [0.29, 0.717) is 19.2 Å². The lowest BCUT2D eigenvalue weighted by Gasteiger charge is -2.29. The number of aliphatic imine (C=N–C) groups is 1. The van der Waals surface area contributed by atoms with Crippen molar-refractivity contribution < 1.29 is 4.74 Å². The van der Waals surface area contributed by atoms with Gasteiger partial charge in [0.05, 0.1) is 13.2 Å². The first kappa shape index (κ1) is 16.2. The van der Waals surface area contributed by atoms with Gasteiger partial charge in [0.2, 0.25) is 5.96 Å². The van der Waals surface area contributed by atoms with Gasteiger partial charge in [0, 0.05) is 19.7 Å². The molecule has 0 spiro atoms. The van der Waals surface area contributed by atoms with Crippen LogP contribution in [0, 0.1) is 0 Å². The Hall–Kier alpha value is -0.810. The number of hydrogen-bond acceptors (Lipinski definition) is 3. The fourth-order valence-electron chi connectivity index (χ4n) is 1.60. The monoisotopic (exact) mass is 244 g/mol. The second kappa shape index (κ2) is 10.4. The van der Waals surface area contributed by atoms with Gasteiger partial charge in [-0.1, -0.05) is 19.8 Å². The summed E-state index contributed by atoms with van der Waals surface area (Å²) in [6.07, 6.45) is 3.62. The smallest absolute Gasteiger partial charge is 0.208 e. The number of rotatable bonds is 8. The quantitative estimate of drug-likeness (QED) is 0.222. The third kappa shape index (κ3) is 7.18. The summed E-state index contributed by atoms with van der Waals surface area (Å²) in [5, 5.41) is 0. The summed E-state index contributed by atoms with van der Waals surface area (Å²) in [5.74, 6) is 6.29. The van der Waals surface area contributed by atoms with Crippen molar-refractivity contribution in [3.05, 3.63) is 0 Å². The van der Waals surface area contributed by atoms with Gasteiger partial charge >= 0.3 is 0 Å². The molecule has 102 valence electrons. The van der Waals surface area contributed by atoms with Crippen LogP contribution in [0.15, 0.2) is 4.99 Å². The number of hydrazine groups is 1. The van der Waals surface area contributed by atoms with E-state index in [-0.39, 0.29) is 0 Å². The maximum absolute atomic E-state index is 5.53. The summed E-state index contributed by atoms with van der Waals surface area (Å²) >= 11 is 0. The molecule has 0 rings (SSSR count). The maximum atomic E-state index is 5.53. The fraction of sp³-hybridized carbons (Fsp3) is 0.917. The standard InChI is InChI=1S/C12H28N4O/c1-5-6-7-9-16(11(2)3)12(15-13)14-8-10-17-4/h11H,5-10,13H2,1-4H3,(H,14,15). The minimum Gasteiger partial charge on any atom is -0.383 e. The van der Waals surface area contributed by atoms with E-state index in [1.807, 2.05) is 0 Å². The summed E-state index contributed by atoms with van der Waals surface area (Å²) in [6.45, 7) is 8.74. The van der Waals surface area contributed by atoms with Gasteiger partial charge in [-0.25, -0.2) is 10.8 Å². The molecule has 3 N–H and O–H groups in total. The predicted octanol–water partition coefficient (Wildman–Crippen LogP) is 1.35. The lowest BCUT2D eigenvalue weighted by molar-refractivity contribution is 0.207. The van der Waals surface area contributed by atoms with Crippen LogP contribution >= 0.6 is 0 Å². The van der Waals surface area contributed by atoms with Crippen LogP contribution in [0.3, 0.4) is 0 Å². The molecule has 0 aliphatic carbocycles. The number of nitrogens with two attached hydrogens (primary N) is 1. The van der Waals surface area contributed by atoms with Crippen molar-refractivity contribution in [1.82, 2.24) is 10.3 Å². The molecule has 5 heteroatoms. The van der Waals surface area contributed by atoms with Gasteiger partial charge in [-0.3, -0.25) is 5.43 Å². The summed E-state index contributed by atoms with van der Waals surface area (Å²) < 4.78 is 4.98. The Morgan fingerprint density at radius 2 is 2.12 bits per heavy atom. The molecule has 0 fully saturated rings. The van der Waals surface area contributed by atoms with E-state index >= 15 is 0 Å². The molecule has 5 nitrogen and oxygen atoms in total. The minimum atomic E-state index is 0.393. The van der Waals surface area contributed by atoms with Crippen molar-refractivity contribution in [3.63, 3.8) is 0 Å². The minimum absolute atomic E-state index is 0.393. The number of unbranched alkanes of at least 4 members (excludes halogenated alkanes) is 2. The number of methoxy groups -OCH3 is 1. The second-order valence-electron chi connectivity index (χ2n) is 4.34. The van der Waals surface area contributed by atoms with Crippen LogP contribution in [0.4, 0.5) is 0 Å². The van der Waals surface area contributed by atoms with Crippen molar-refractivity contribution in [3.8, 4) is 0 Å². The summed E-state index contributed by atoms with van der Waals surface area (Å²) in [6, 6.07) is 0.393. The largest absolute Gasteiger partial charge is 0.383 e.